The van der Waals surface area contributed by atoms with Crippen molar-refractivity contribution in [2.24, 2.45) is 0 Å². The number of rotatable bonds is 4. The van der Waals surface area contributed by atoms with E-state index in [2.05, 4.69) is 42.6 Å². The van der Waals surface area contributed by atoms with E-state index in [0.29, 0.717) is 6.04 Å². The van der Waals surface area contributed by atoms with Crippen LogP contribution in [0.15, 0.2) is 11.4 Å². The van der Waals surface area contributed by atoms with Crippen molar-refractivity contribution in [3.05, 3.63) is 21.9 Å². The lowest BCUT2D eigenvalue weighted by atomic mass is 10.0. The van der Waals surface area contributed by atoms with Gasteiger partial charge in [0.25, 0.3) is 0 Å². The predicted octanol–water partition coefficient (Wildman–Crippen LogP) is 2.04. The third-order valence-electron chi connectivity index (χ3n) is 3.37. The van der Waals surface area contributed by atoms with Crippen LogP contribution in [0.3, 0.4) is 0 Å². The van der Waals surface area contributed by atoms with Crippen LogP contribution in [0, 0.1) is 6.92 Å². The van der Waals surface area contributed by atoms with Crippen LogP contribution in [0.5, 0.6) is 0 Å². The highest BCUT2D eigenvalue weighted by Gasteiger charge is 2.32. The summed E-state index contributed by atoms with van der Waals surface area (Å²) in [4.78, 5) is 3.87. The third kappa shape index (κ3) is 2.88. The van der Waals surface area contributed by atoms with E-state index in [1.165, 1.54) is 10.4 Å². The van der Waals surface area contributed by atoms with Crippen LogP contribution in [0.1, 0.15) is 23.4 Å². The average molecular weight is 254 g/mol. The van der Waals surface area contributed by atoms with Gasteiger partial charge in [-0.3, -0.25) is 4.90 Å². The molecule has 4 heteroatoms. The average Bonchev–Trinajstić information content (AvgIpc) is 2.73. The summed E-state index contributed by atoms with van der Waals surface area (Å²) in [5.74, 6) is 0. The Morgan fingerprint density at radius 1 is 1.59 bits per heavy atom. The second-order valence-corrected chi connectivity index (χ2v) is 5.56. The summed E-state index contributed by atoms with van der Waals surface area (Å²) >= 11 is 1.85. The molecule has 0 amide bonds. The van der Waals surface area contributed by atoms with Gasteiger partial charge in [-0.05, 0) is 37.5 Å². The van der Waals surface area contributed by atoms with Crippen molar-refractivity contribution in [2.75, 3.05) is 33.3 Å². The lowest BCUT2D eigenvalue weighted by Crippen LogP contribution is -2.47. The standard InChI is InChI=1S/C13H22N2OS/c1-4-14-9-11-12(15(3)6-7-16-11)13-10(2)5-8-17-13/h5,8,11-12,14H,4,6-7,9H2,1-3H3. The van der Waals surface area contributed by atoms with Crippen LogP contribution in [-0.2, 0) is 4.74 Å². The van der Waals surface area contributed by atoms with Crippen molar-refractivity contribution in [3.63, 3.8) is 0 Å². The molecule has 1 N–H and O–H groups in total. The first-order chi connectivity index (χ1) is 8.24. The molecule has 0 saturated carbocycles. The van der Waals surface area contributed by atoms with Crippen molar-refractivity contribution in [1.82, 2.24) is 10.2 Å². The minimum atomic E-state index is 0.269. The zero-order valence-corrected chi connectivity index (χ0v) is 11.7. The topological polar surface area (TPSA) is 24.5 Å². The van der Waals surface area contributed by atoms with Gasteiger partial charge in [0.1, 0.15) is 0 Å². The van der Waals surface area contributed by atoms with E-state index in [-0.39, 0.29) is 6.10 Å². The van der Waals surface area contributed by atoms with Gasteiger partial charge in [-0.2, -0.15) is 0 Å². The number of hydrogen-bond donors (Lipinski definition) is 1. The Hall–Kier alpha value is -0.420. The molecule has 2 atom stereocenters. The van der Waals surface area contributed by atoms with Crippen LogP contribution in [-0.4, -0.2) is 44.3 Å². The highest BCUT2D eigenvalue weighted by atomic mass is 32.1. The third-order valence-corrected chi connectivity index (χ3v) is 4.46. The number of nitrogens with one attached hydrogen (secondary N) is 1. The molecular formula is C13H22N2OS. The summed E-state index contributed by atoms with van der Waals surface area (Å²) < 4.78 is 5.94. The normalized spacial score (nSPS) is 26.3. The van der Waals surface area contributed by atoms with E-state index in [4.69, 9.17) is 4.74 Å². The SMILES string of the molecule is CCNCC1OCCN(C)C1c1sccc1C. The maximum Gasteiger partial charge on any atom is 0.0904 e. The fourth-order valence-corrected chi connectivity index (χ4v) is 3.52. The van der Waals surface area contributed by atoms with E-state index in [9.17, 15) is 0 Å². The van der Waals surface area contributed by atoms with Gasteiger partial charge in [0.05, 0.1) is 18.8 Å². The minimum Gasteiger partial charge on any atom is -0.374 e. The fourth-order valence-electron chi connectivity index (χ4n) is 2.38. The van der Waals surface area contributed by atoms with Crippen molar-refractivity contribution in [1.29, 1.82) is 0 Å². The van der Waals surface area contributed by atoms with Gasteiger partial charge in [-0.25, -0.2) is 0 Å². The minimum absolute atomic E-state index is 0.269. The van der Waals surface area contributed by atoms with Crippen LogP contribution >= 0.6 is 11.3 Å². The Morgan fingerprint density at radius 2 is 2.41 bits per heavy atom. The molecule has 1 aromatic rings. The van der Waals surface area contributed by atoms with Gasteiger partial charge < -0.3 is 10.1 Å². The molecule has 17 heavy (non-hydrogen) atoms. The van der Waals surface area contributed by atoms with E-state index < -0.39 is 0 Å². The van der Waals surface area contributed by atoms with Gasteiger partial charge in [0.15, 0.2) is 0 Å². The summed E-state index contributed by atoms with van der Waals surface area (Å²) in [6, 6.07) is 2.61. The number of aryl methyl sites for hydroxylation is 1. The number of hydrogen-bond acceptors (Lipinski definition) is 4. The zero-order valence-electron chi connectivity index (χ0n) is 10.9. The Bertz CT molecular complexity index is 353. The van der Waals surface area contributed by atoms with Gasteiger partial charge in [-0.15, -0.1) is 11.3 Å². The molecule has 1 aliphatic rings. The number of morpholine rings is 1. The molecule has 96 valence electrons. The quantitative estimate of drug-likeness (QED) is 0.890. The highest BCUT2D eigenvalue weighted by molar-refractivity contribution is 7.10. The molecular weight excluding hydrogens is 232 g/mol. The van der Waals surface area contributed by atoms with Crippen LogP contribution < -0.4 is 5.32 Å². The molecule has 1 fully saturated rings. The maximum absolute atomic E-state index is 5.94. The monoisotopic (exact) mass is 254 g/mol. The number of ether oxygens (including phenoxy) is 1. The molecule has 0 aliphatic carbocycles. The van der Waals surface area contributed by atoms with Crippen molar-refractivity contribution in [2.45, 2.75) is 26.0 Å². The summed E-state index contributed by atoms with van der Waals surface area (Å²) in [6.07, 6.45) is 0.269. The first kappa shape index (κ1) is 13.0. The first-order valence-corrected chi connectivity index (χ1v) is 7.18. The molecule has 0 radical (unpaired) electrons. The molecule has 3 nitrogen and oxygen atoms in total. The molecule has 0 bridgehead atoms. The molecule has 0 aromatic carbocycles. The van der Waals surface area contributed by atoms with E-state index in [0.717, 1.165) is 26.2 Å². The summed E-state index contributed by atoms with van der Waals surface area (Å²) in [5, 5.41) is 5.58. The smallest absolute Gasteiger partial charge is 0.0904 e. The van der Waals surface area contributed by atoms with E-state index >= 15 is 0 Å². The molecule has 0 spiro atoms. The van der Waals surface area contributed by atoms with Crippen LogP contribution in [0.25, 0.3) is 0 Å². The largest absolute Gasteiger partial charge is 0.374 e. The zero-order chi connectivity index (χ0) is 12.3. The summed E-state index contributed by atoms with van der Waals surface area (Å²) in [6.45, 7) is 8.12. The Kier molecular flexibility index (Phi) is 4.56. The van der Waals surface area contributed by atoms with Crippen LogP contribution in [0.4, 0.5) is 0 Å². The molecule has 2 rings (SSSR count). The fraction of sp³-hybridized carbons (Fsp3) is 0.692. The number of nitrogens with zero attached hydrogens (tertiary/aromatic N) is 1. The molecule has 1 aromatic heterocycles. The van der Waals surface area contributed by atoms with Gasteiger partial charge in [0, 0.05) is 18.0 Å². The molecule has 1 saturated heterocycles. The Balaban J connectivity index is 2.16. The van der Waals surface area contributed by atoms with Gasteiger partial charge in [0.2, 0.25) is 0 Å². The molecule has 1 aliphatic heterocycles. The molecule has 2 unspecified atom stereocenters. The predicted molar refractivity (Wildman–Crippen MR) is 72.7 cm³/mol. The lowest BCUT2D eigenvalue weighted by molar-refractivity contribution is -0.0601. The van der Waals surface area contributed by atoms with Gasteiger partial charge >= 0.3 is 0 Å². The maximum atomic E-state index is 5.94. The van der Waals surface area contributed by atoms with Crippen molar-refractivity contribution in [3.8, 4) is 0 Å². The van der Waals surface area contributed by atoms with E-state index in [1.807, 2.05) is 11.3 Å². The van der Waals surface area contributed by atoms with Crippen LogP contribution in [0.2, 0.25) is 0 Å². The van der Waals surface area contributed by atoms with Crippen molar-refractivity contribution < 1.29 is 4.74 Å². The summed E-state index contributed by atoms with van der Waals surface area (Å²) in [5.41, 5.74) is 1.39. The highest BCUT2D eigenvalue weighted by Crippen LogP contribution is 2.33. The second-order valence-electron chi connectivity index (χ2n) is 4.61. The molecule has 2 heterocycles. The van der Waals surface area contributed by atoms with Gasteiger partial charge in [-0.1, -0.05) is 6.92 Å². The Morgan fingerprint density at radius 3 is 3.06 bits per heavy atom. The Labute approximate surface area is 108 Å². The van der Waals surface area contributed by atoms with Crippen molar-refractivity contribution >= 4 is 11.3 Å². The first-order valence-electron chi connectivity index (χ1n) is 6.30. The lowest BCUT2D eigenvalue weighted by Gasteiger charge is -2.39. The number of likely N-dealkylation sites (N-methyl/N-ethyl adjacent to an activating group) is 2. The summed E-state index contributed by atoms with van der Waals surface area (Å²) in [7, 11) is 2.20. The number of thiophene rings is 1. The van der Waals surface area contributed by atoms with E-state index in [1.54, 1.807) is 0 Å². The second kappa shape index (κ2) is 5.96.